The van der Waals surface area contributed by atoms with Crippen molar-refractivity contribution in [1.29, 1.82) is 0 Å². The standard InChI is InChI=1S/C16H13ClO5S2/c17-10-4-9(5-12-16(10)22-8-21-12)14(24-7-15(19)20)6-11(18)13-2-1-3-23-13/h1-5,14H,6-8H2,(H,19,20)/p-1/t14-/m1/s1. The highest BCUT2D eigenvalue weighted by atomic mass is 35.5. The molecule has 0 spiro atoms. The predicted molar refractivity (Wildman–Crippen MR) is 91.0 cm³/mol. The highest BCUT2D eigenvalue weighted by Gasteiger charge is 2.24. The van der Waals surface area contributed by atoms with Gasteiger partial charge in [0.05, 0.1) is 15.9 Å². The number of rotatable bonds is 7. The zero-order valence-electron chi connectivity index (χ0n) is 12.3. The van der Waals surface area contributed by atoms with E-state index in [-0.39, 0.29) is 30.0 Å². The summed E-state index contributed by atoms with van der Waals surface area (Å²) in [7, 11) is 0. The van der Waals surface area contributed by atoms with E-state index in [1.165, 1.54) is 11.3 Å². The number of fused-ring (bicyclic) bond motifs is 1. The number of carbonyl (C=O) groups excluding carboxylic acids is 2. The fourth-order valence-electron chi connectivity index (χ4n) is 2.32. The summed E-state index contributed by atoms with van der Waals surface area (Å²) in [6.07, 6.45) is 0.161. The van der Waals surface area contributed by atoms with Crippen LogP contribution < -0.4 is 14.6 Å². The number of Topliss-reactive ketones (excluding diaryl/α,β-unsaturated/α-hetero) is 1. The van der Waals surface area contributed by atoms with Crippen LogP contribution in [-0.2, 0) is 4.79 Å². The number of aliphatic carboxylic acids is 1. The predicted octanol–water partition coefficient (Wildman–Crippen LogP) is 2.93. The minimum Gasteiger partial charge on any atom is -0.549 e. The molecule has 1 aliphatic rings. The van der Waals surface area contributed by atoms with Crippen molar-refractivity contribution < 1.29 is 24.2 Å². The van der Waals surface area contributed by atoms with E-state index in [2.05, 4.69) is 0 Å². The molecule has 1 aliphatic heterocycles. The van der Waals surface area contributed by atoms with Crippen LogP contribution in [0.5, 0.6) is 11.5 Å². The third-order valence-electron chi connectivity index (χ3n) is 3.39. The van der Waals surface area contributed by atoms with Gasteiger partial charge in [0, 0.05) is 17.4 Å². The Kier molecular flexibility index (Phi) is 5.33. The van der Waals surface area contributed by atoms with Gasteiger partial charge in [0.15, 0.2) is 17.3 Å². The lowest BCUT2D eigenvalue weighted by Gasteiger charge is -2.17. The highest BCUT2D eigenvalue weighted by Crippen LogP contribution is 2.44. The summed E-state index contributed by atoms with van der Waals surface area (Å²) < 4.78 is 10.6. The van der Waals surface area contributed by atoms with Gasteiger partial charge in [-0.25, -0.2) is 0 Å². The molecule has 0 saturated carbocycles. The normalized spacial score (nSPS) is 13.7. The fraction of sp³-hybridized carbons (Fsp3) is 0.250. The SMILES string of the molecule is O=C([O-])CS[C@H](CC(=O)c1cccs1)c1cc(Cl)c2c(c1)OCO2. The second-order valence-electron chi connectivity index (χ2n) is 5.01. The average molecular weight is 384 g/mol. The zero-order valence-corrected chi connectivity index (χ0v) is 14.7. The largest absolute Gasteiger partial charge is 0.549 e. The average Bonchev–Trinajstić information content (AvgIpc) is 3.21. The first-order valence-electron chi connectivity index (χ1n) is 7.02. The number of hydrogen-bond donors (Lipinski definition) is 0. The third kappa shape index (κ3) is 3.85. The molecule has 0 radical (unpaired) electrons. The van der Waals surface area contributed by atoms with Crippen molar-refractivity contribution in [2.45, 2.75) is 11.7 Å². The smallest absolute Gasteiger partial charge is 0.231 e. The van der Waals surface area contributed by atoms with Gasteiger partial charge < -0.3 is 19.4 Å². The number of ketones is 1. The zero-order chi connectivity index (χ0) is 17.1. The van der Waals surface area contributed by atoms with Crippen LogP contribution in [0.3, 0.4) is 0 Å². The van der Waals surface area contributed by atoms with Gasteiger partial charge in [0.25, 0.3) is 0 Å². The lowest BCUT2D eigenvalue weighted by Crippen LogP contribution is -2.25. The number of halogens is 1. The van der Waals surface area contributed by atoms with Crippen LogP contribution >= 0.6 is 34.7 Å². The van der Waals surface area contributed by atoms with E-state index in [1.54, 1.807) is 24.3 Å². The van der Waals surface area contributed by atoms with E-state index in [1.807, 2.05) is 5.38 Å². The number of carboxylic acids is 1. The van der Waals surface area contributed by atoms with Crippen LogP contribution in [0.4, 0.5) is 0 Å². The maximum Gasteiger partial charge on any atom is 0.231 e. The molecule has 0 unspecified atom stereocenters. The minimum absolute atomic E-state index is 0.0466. The molecule has 126 valence electrons. The maximum atomic E-state index is 12.4. The number of hydrogen-bond acceptors (Lipinski definition) is 7. The highest BCUT2D eigenvalue weighted by molar-refractivity contribution is 8.00. The molecule has 0 saturated heterocycles. The first-order chi connectivity index (χ1) is 11.5. The van der Waals surface area contributed by atoms with Gasteiger partial charge in [0.2, 0.25) is 6.79 Å². The van der Waals surface area contributed by atoms with Crippen molar-refractivity contribution in [3.05, 3.63) is 45.1 Å². The van der Waals surface area contributed by atoms with E-state index in [4.69, 9.17) is 21.1 Å². The van der Waals surface area contributed by atoms with Crippen LogP contribution in [0.1, 0.15) is 26.9 Å². The van der Waals surface area contributed by atoms with Gasteiger partial charge in [-0.2, -0.15) is 0 Å². The molecule has 3 rings (SSSR count). The van der Waals surface area contributed by atoms with Gasteiger partial charge in [-0.15, -0.1) is 23.1 Å². The summed E-state index contributed by atoms with van der Waals surface area (Å²) in [5.74, 6) is -0.474. The summed E-state index contributed by atoms with van der Waals surface area (Å²) >= 11 is 8.68. The molecule has 8 heteroatoms. The summed E-state index contributed by atoms with van der Waals surface area (Å²) in [4.78, 5) is 23.9. The molecular weight excluding hydrogens is 372 g/mol. The van der Waals surface area contributed by atoms with E-state index >= 15 is 0 Å². The molecule has 1 atom stereocenters. The van der Waals surface area contributed by atoms with Gasteiger partial charge in [-0.05, 0) is 29.1 Å². The van der Waals surface area contributed by atoms with Crippen LogP contribution in [0, 0.1) is 0 Å². The van der Waals surface area contributed by atoms with Crippen molar-refractivity contribution in [3.63, 3.8) is 0 Å². The van der Waals surface area contributed by atoms with Crippen molar-refractivity contribution >= 4 is 46.5 Å². The molecule has 1 aromatic carbocycles. The number of benzene rings is 1. The molecule has 0 N–H and O–H groups in total. The topological polar surface area (TPSA) is 75.7 Å². The minimum atomic E-state index is -1.18. The van der Waals surface area contributed by atoms with E-state index in [0.29, 0.717) is 21.4 Å². The van der Waals surface area contributed by atoms with Crippen LogP contribution in [0.15, 0.2) is 29.6 Å². The van der Waals surface area contributed by atoms with Crippen molar-refractivity contribution in [2.75, 3.05) is 12.5 Å². The monoisotopic (exact) mass is 383 g/mol. The van der Waals surface area contributed by atoms with Crippen molar-refractivity contribution in [3.8, 4) is 11.5 Å². The number of thioether (sulfide) groups is 1. The Bertz CT molecular complexity index is 760. The Balaban J connectivity index is 1.85. The second kappa shape index (κ2) is 7.46. The molecule has 0 aliphatic carbocycles. The van der Waals surface area contributed by atoms with E-state index < -0.39 is 5.97 Å². The number of ether oxygens (including phenoxy) is 2. The first-order valence-corrected chi connectivity index (χ1v) is 9.32. The Morgan fingerprint density at radius 1 is 1.38 bits per heavy atom. The molecule has 0 fully saturated rings. The molecule has 5 nitrogen and oxygen atoms in total. The van der Waals surface area contributed by atoms with Gasteiger partial charge in [0.1, 0.15) is 0 Å². The van der Waals surface area contributed by atoms with Crippen LogP contribution in [-0.4, -0.2) is 24.3 Å². The molecule has 2 aromatic rings. The second-order valence-corrected chi connectivity index (χ2v) is 7.56. The lowest BCUT2D eigenvalue weighted by atomic mass is 10.1. The van der Waals surface area contributed by atoms with Gasteiger partial charge in [-0.3, -0.25) is 4.79 Å². The Morgan fingerprint density at radius 2 is 2.21 bits per heavy atom. The summed E-state index contributed by atoms with van der Waals surface area (Å²) in [5.41, 5.74) is 0.723. The van der Waals surface area contributed by atoms with E-state index in [9.17, 15) is 14.7 Å². The molecule has 0 bridgehead atoms. The number of carboxylic acid groups (broad SMARTS) is 1. The molecular formula is C16H12ClO5S2-. The van der Waals surface area contributed by atoms with Gasteiger partial charge in [-0.1, -0.05) is 17.7 Å². The molecule has 1 aromatic heterocycles. The molecule has 0 amide bonds. The Morgan fingerprint density at radius 3 is 2.92 bits per heavy atom. The van der Waals surface area contributed by atoms with Crippen molar-refractivity contribution in [2.24, 2.45) is 0 Å². The van der Waals surface area contributed by atoms with Crippen LogP contribution in [0.25, 0.3) is 0 Å². The summed E-state index contributed by atoms with van der Waals surface area (Å²) in [6.45, 7) is 0.0868. The number of thiophene rings is 1. The molecule has 2 heterocycles. The third-order valence-corrected chi connectivity index (χ3v) is 5.83. The maximum absolute atomic E-state index is 12.4. The lowest BCUT2D eigenvalue weighted by molar-refractivity contribution is -0.301. The summed E-state index contributed by atoms with van der Waals surface area (Å²) in [5, 5.41) is 12.7. The summed E-state index contributed by atoms with van der Waals surface area (Å²) in [6, 6.07) is 6.98. The van der Waals surface area contributed by atoms with Gasteiger partial charge >= 0.3 is 0 Å². The first kappa shape index (κ1) is 17.1. The Labute approximate surface area is 151 Å². The fourth-order valence-corrected chi connectivity index (χ4v) is 4.21. The molecule has 24 heavy (non-hydrogen) atoms. The Hall–Kier alpha value is -1.70. The number of carbonyl (C=O) groups is 2. The quantitative estimate of drug-likeness (QED) is 0.684. The van der Waals surface area contributed by atoms with E-state index in [0.717, 1.165) is 17.3 Å². The van der Waals surface area contributed by atoms with Crippen molar-refractivity contribution in [1.82, 2.24) is 0 Å². The van der Waals surface area contributed by atoms with Crippen LogP contribution in [0.2, 0.25) is 5.02 Å².